The fourth-order valence-electron chi connectivity index (χ4n) is 3.80. The van der Waals surface area contributed by atoms with Crippen molar-refractivity contribution in [3.8, 4) is 11.3 Å². The Labute approximate surface area is 161 Å². The van der Waals surface area contributed by atoms with Gasteiger partial charge in [0.15, 0.2) is 0 Å². The summed E-state index contributed by atoms with van der Waals surface area (Å²) < 4.78 is 4.22. The number of piperidine rings is 1. The number of pyridine rings is 1. The van der Waals surface area contributed by atoms with Crippen molar-refractivity contribution in [2.45, 2.75) is 19.8 Å². The third kappa shape index (κ3) is 3.78. The van der Waals surface area contributed by atoms with Crippen LogP contribution in [0.1, 0.15) is 19.8 Å². The molecule has 0 atom stereocenters. The molecular weight excluding hydrogens is 334 g/mol. The molecule has 142 valence electrons. The molecule has 1 fully saturated rings. The van der Waals surface area contributed by atoms with E-state index in [1.165, 1.54) is 29.5 Å². The van der Waals surface area contributed by atoms with Crippen molar-refractivity contribution in [1.29, 1.82) is 0 Å². The molecular formula is C22H29N5. The first-order valence-electron chi connectivity index (χ1n) is 9.75. The van der Waals surface area contributed by atoms with Crippen LogP contribution < -0.4 is 5.32 Å². The molecule has 5 nitrogen and oxygen atoms in total. The molecule has 5 heteroatoms. The van der Waals surface area contributed by atoms with Crippen molar-refractivity contribution < 1.29 is 0 Å². The third-order valence-corrected chi connectivity index (χ3v) is 5.74. The van der Waals surface area contributed by atoms with Crippen LogP contribution >= 0.6 is 0 Å². The van der Waals surface area contributed by atoms with Crippen LogP contribution in [0, 0.1) is 5.92 Å². The van der Waals surface area contributed by atoms with E-state index in [0.29, 0.717) is 0 Å². The van der Waals surface area contributed by atoms with Crippen LogP contribution in [-0.2, 0) is 14.1 Å². The van der Waals surface area contributed by atoms with Gasteiger partial charge in [-0.2, -0.15) is 0 Å². The second kappa shape index (κ2) is 7.24. The molecule has 1 aliphatic rings. The van der Waals surface area contributed by atoms with Crippen LogP contribution in [0.15, 0.2) is 48.9 Å². The molecule has 1 aliphatic heterocycles. The molecule has 27 heavy (non-hydrogen) atoms. The van der Waals surface area contributed by atoms with Gasteiger partial charge in [-0.05, 0) is 49.4 Å². The number of aromatic nitrogens is 3. The van der Waals surface area contributed by atoms with Crippen molar-refractivity contribution in [3.63, 3.8) is 0 Å². The smallest absolute Gasteiger partial charge is 0.130 e. The number of benzene rings is 1. The topological polar surface area (TPSA) is 38.0 Å². The van der Waals surface area contributed by atoms with E-state index in [1.54, 1.807) is 0 Å². The summed E-state index contributed by atoms with van der Waals surface area (Å²) in [7, 11) is 4.12. The molecule has 0 saturated carbocycles. The molecule has 0 unspecified atom stereocenters. The molecule has 2 aromatic heterocycles. The summed E-state index contributed by atoms with van der Waals surface area (Å²) in [5, 5.41) is 5.74. The van der Waals surface area contributed by atoms with E-state index in [1.807, 2.05) is 13.2 Å². The van der Waals surface area contributed by atoms with Gasteiger partial charge in [0.2, 0.25) is 0 Å². The minimum absolute atomic E-state index is 0.850. The summed E-state index contributed by atoms with van der Waals surface area (Å²) in [6.07, 6.45) is 6.64. The van der Waals surface area contributed by atoms with Crippen molar-refractivity contribution in [1.82, 2.24) is 19.2 Å². The van der Waals surface area contributed by atoms with Gasteiger partial charge in [-0.3, -0.25) is 14.3 Å². The summed E-state index contributed by atoms with van der Waals surface area (Å²) in [6.45, 7) is 9.76. The van der Waals surface area contributed by atoms with Crippen molar-refractivity contribution in [2.24, 2.45) is 20.0 Å². The van der Waals surface area contributed by atoms with Crippen LogP contribution in [0.3, 0.4) is 0 Å². The average molecular weight is 364 g/mol. The van der Waals surface area contributed by atoms with Crippen LogP contribution in [0.25, 0.3) is 22.0 Å². The van der Waals surface area contributed by atoms with Gasteiger partial charge < -0.3 is 5.32 Å². The van der Waals surface area contributed by atoms with Crippen molar-refractivity contribution in [3.05, 3.63) is 48.9 Å². The molecule has 0 amide bonds. The van der Waals surface area contributed by atoms with Gasteiger partial charge in [-0.1, -0.05) is 25.6 Å². The lowest BCUT2D eigenvalue weighted by atomic mass is 9.99. The molecule has 3 aromatic rings. The Bertz CT molecular complexity index is 956. The average Bonchev–Trinajstić information content (AvgIpc) is 2.67. The van der Waals surface area contributed by atoms with E-state index in [4.69, 9.17) is 0 Å². The quantitative estimate of drug-likeness (QED) is 0.737. The lowest BCUT2D eigenvalue weighted by molar-refractivity contribution is 0.207. The zero-order valence-electron chi connectivity index (χ0n) is 16.6. The van der Waals surface area contributed by atoms with Crippen LogP contribution in [0.5, 0.6) is 0 Å². The number of aryl methyl sites for hydroxylation is 1. The van der Waals surface area contributed by atoms with Crippen molar-refractivity contribution in [2.75, 3.05) is 25.0 Å². The second-order valence-corrected chi connectivity index (χ2v) is 7.93. The Morgan fingerprint density at radius 3 is 2.67 bits per heavy atom. The number of fused-ring (bicyclic) bond motifs is 1. The SMILES string of the molecule is C=C(CN1CCC(C)CC1)Nc1cc2cc(-c3cn(C)n3C)ccc2cn1. The van der Waals surface area contributed by atoms with E-state index >= 15 is 0 Å². The second-order valence-electron chi connectivity index (χ2n) is 7.93. The highest BCUT2D eigenvalue weighted by Gasteiger charge is 2.16. The highest BCUT2D eigenvalue weighted by molar-refractivity contribution is 5.88. The monoisotopic (exact) mass is 363 g/mol. The maximum Gasteiger partial charge on any atom is 0.130 e. The van der Waals surface area contributed by atoms with Crippen LogP contribution in [0.4, 0.5) is 5.82 Å². The Hall–Kier alpha value is -2.53. The summed E-state index contributed by atoms with van der Waals surface area (Å²) in [5.41, 5.74) is 3.46. The third-order valence-electron chi connectivity index (χ3n) is 5.74. The number of nitrogens with one attached hydrogen (secondary N) is 1. The standard InChI is InChI=1S/C22H29N5/c1-16-7-9-27(10-8-16)14-17(2)24-22-12-20-11-18(5-6-19(20)13-23-22)21-15-25(3)26(21)4/h5-6,11-13,15-16H,2,7-10,14H2,1,3-4H3,(H,23,24). The zero-order valence-corrected chi connectivity index (χ0v) is 16.6. The maximum atomic E-state index is 4.56. The maximum absolute atomic E-state index is 4.56. The number of hydrogen-bond donors (Lipinski definition) is 1. The molecule has 0 bridgehead atoms. The van der Waals surface area contributed by atoms with E-state index < -0.39 is 0 Å². The van der Waals surface area contributed by atoms with Crippen molar-refractivity contribution >= 4 is 16.6 Å². The lowest BCUT2D eigenvalue weighted by Crippen LogP contribution is -2.35. The molecule has 3 heterocycles. The predicted molar refractivity (Wildman–Crippen MR) is 113 cm³/mol. The van der Waals surface area contributed by atoms with Gasteiger partial charge in [0.25, 0.3) is 0 Å². The van der Waals surface area contributed by atoms with E-state index in [2.05, 4.69) is 75.6 Å². The summed E-state index contributed by atoms with van der Waals surface area (Å²) in [5.74, 6) is 1.71. The molecule has 1 saturated heterocycles. The Balaban J connectivity index is 1.47. The molecule has 0 aliphatic carbocycles. The Morgan fingerprint density at radius 1 is 1.19 bits per heavy atom. The van der Waals surface area contributed by atoms with Crippen LogP contribution in [0.2, 0.25) is 0 Å². The van der Waals surface area contributed by atoms with E-state index in [-0.39, 0.29) is 0 Å². The number of anilines is 1. The van der Waals surface area contributed by atoms with Gasteiger partial charge in [0.1, 0.15) is 5.82 Å². The van der Waals surface area contributed by atoms with E-state index in [9.17, 15) is 0 Å². The van der Waals surface area contributed by atoms with E-state index in [0.717, 1.165) is 42.5 Å². The molecule has 1 N–H and O–H groups in total. The number of likely N-dealkylation sites (tertiary alicyclic amines) is 1. The molecule has 0 spiro atoms. The minimum atomic E-state index is 0.850. The molecule has 4 rings (SSSR count). The fraction of sp³-hybridized carbons (Fsp3) is 0.409. The number of rotatable bonds is 5. The molecule has 0 radical (unpaired) electrons. The summed E-state index contributed by atoms with van der Waals surface area (Å²) in [4.78, 5) is 7.04. The fourth-order valence-corrected chi connectivity index (χ4v) is 3.80. The van der Waals surface area contributed by atoms with Gasteiger partial charge in [0.05, 0.1) is 5.69 Å². The normalized spacial score (nSPS) is 16.1. The highest BCUT2D eigenvalue weighted by atomic mass is 15.4. The first kappa shape index (κ1) is 17.9. The number of nitrogens with zero attached hydrogens (tertiary/aromatic N) is 4. The summed E-state index contributed by atoms with van der Waals surface area (Å²) >= 11 is 0. The largest absolute Gasteiger partial charge is 0.343 e. The number of hydrogen-bond acceptors (Lipinski definition) is 3. The first-order chi connectivity index (χ1) is 13.0. The zero-order chi connectivity index (χ0) is 19.0. The summed E-state index contributed by atoms with van der Waals surface area (Å²) in [6, 6.07) is 8.64. The van der Waals surface area contributed by atoms with Gasteiger partial charge in [0, 0.05) is 49.7 Å². The van der Waals surface area contributed by atoms with Gasteiger partial charge in [-0.15, -0.1) is 0 Å². The lowest BCUT2D eigenvalue weighted by Gasteiger charge is -2.30. The van der Waals surface area contributed by atoms with Crippen LogP contribution in [-0.4, -0.2) is 38.9 Å². The first-order valence-corrected chi connectivity index (χ1v) is 9.75. The van der Waals surface area contributed by atoms with Gasteiger partial charge in [-0.25, -0.2) is 4.98 Å². The minimum Gasteiger partial charge on any atom is -0.343 e. The Morgan fingerprint density at radius 2 is 1.96 bits per heavy atom. The van der Waals surface area contributed by atoms with Gasteiger partial charge >= 0.3 is 0 Å². The highest BCUT2D eigenvalue weighted by Crippen LogP contribution is 2.26. The Kier molecular flexibility index (Phi) is 4.79. The molecule has 1 aromatic carbocycles. The predicted octanol–water partition coefficient (Wildman–Crippen LogP) is 4.24.